The van der Waals surface area contributed by atoms with Crippen LogP contribution in [-0.4, -0.2) is 283 Å². The number of nitrogens with zero attached hydrogens (tertiary/aromatic N) is 20. The second-order valence-electron chi connectivity index (χ2n) is 31.6. The van der Waals surface area contributed by atoms with Gasteiger partial charge in [-0.15, -0.1) is 0 Å². The van der Waals surface area contributed by atoms with Gasteiger partial charge in [-0.25, -0.2) is 78.1 Å². The molecule has 16 heterocycles. The van der Waals surface area contributed by atoms with E-state index in [2.05, 4.69) is 128 Å². The highest BCUT2D eigenvalue weighted by molar-refractivity contribution is 9.10. The van der Waals surface area contributed by atoms with E-state index in [0.29, 0.717) is 119 Å². The van der Waals surface area contributed by atoms with Crippen molar-refractivity contribution in [3.63, 3.8) is 0 Å². The van der Waals surface area contributed by atoms with Gasteiger partial charge in [0.25, 0.3) is 0 Å². The molecule has 0 amide bonds. The maximum absolute atomic E-state index is 11.8. The average Bonchev–Trinajstić information content (AvgIpc) is 1.60. The number of hydrogen-bond acceptors (Lipinski definition) is 43. The van der Waals surface area contributed by atoms with Crippen molar-refractivity contribution in [2.45, 2.75) is 174 Å². The third-order valence-corrected chi connectivity index (χ3v) is 26.9. The summed E-state index contributed by atoms with van der Waals surface area (Å²) >= 11 is 12.6. The smallest absolute Gasteiger partial charge is 0.176 e. The summed E-state index contributed by atoms with van der Waals surface area (Å²) in [7, 11) is -11.4. The molecular weight excluding hydrogens is 2110 g/mol. The molecule has 12 aromatic heterocycles. The number of aliphatic hydroxyl groups is 12. The predicted molar refractivity (Wildman–Crippen MR) is 479 cm³/mol. The number of halogens is 4. The fourth-order valence-electron chi connectivity index (χ4n) is 16.4. The van der Waals surface area contributed by atoms with Crippen molar-refractivity contribution < 1.29 is 151 Å². The SMILES string of the molecule is Nc1ncnc2c1ncn2[C@]1(CCC[n+]2ccc(C(=O)CBr)cc2)O[C@H](CO)[C@@H](O)[C@H]1O.Nc1ncnc2c1ncn2[C@]1(CCC[n+]2ccc(C(=O)CBr)cc2)O[C@H](CO)[C@@H](O)[C@H]1O.Nc1ncnc2c1ncn2[C@]1(CCC[n+]2ccc(C(=O)CBr)cc2)O[C@H](CO)[C@@H](O)[C@H]1O.Nc1ncnc2c1ncn2[C@]1(CCC[n+]2ccc(C(=O)CBr)cc2)O[C@H](CO)[C@@H](O)[C@H]1O.O=P([O-])([O-])OP(=O)([O-])[O-]. The topological polar surface area (TPSA) is 778 Å². The number of phosphoric acid groups is 2. The number of hydrogen-bond donors (Lipinski definition) is 16. The molecule has 4 aliphatic heterocycles. The summed E-state index contributed by atoms with van der Waals surface area (Å²) in [5.74, 6) is 0.723. The number of carbonyl (C=O) groups excluding carboxylic acids is 4. The van der Waals surface area contributed by atoms with Crippen molar-refractivity contribution in [2.24, 2.45) is 0 Å². The van der Waals surface area contributed by atoms with Crippen LogP contribution in [0.2, 0.25) is 0 Å². The van der Waals surface area contributed by atoms with E-state index in [1.165, 1.54) is 50.6 Å². The van der Waals surface area contributed by atoms with E-state index in [9.17, 15) is 109 Å². The molecule has 20 N–H and O–H groups in total. The minimum absolute atomic E-state index is 0.00383. The van der Waals surface area contributed by atoms with Crippen LogP contribution in [0, 0.1) is 0 Å². The maximum Gasteiger partial charge on any atom is 0.176 e. The monoisotopic (exact) mass is 2200 g/mol. The Balaban J connectivity index is 0.000000159. The van der Waals surface area contributed by atoms with Gasteiger partial charge in [0.1, 0.15) is 147 Å². The van der Waals surface area contributed by atoms with Crippen LogP contribution in [0.3, 0.4) is 0 Å². The Labute approximate surface area is 809 Å². The molecule has 4 saturated heterocycles. The van der Waals surface area contributed by atoms with Crippen LogP contribution in [0.4, 0.5) is 23.3 Å². The van der Waals surface area contributed by atoms with Gasteiger partial charge in [-0.2, -0.15) is 0 Å². The van der Waals surface area contributed by atoms with Gasteiger partial charge in [0.2, 0.25) is 0 Å². The van der Waals surface area contributed by atoms with Crippen LogP contribution in [0.25, 0.3) is 44.7 Å². The molecule has 0 aliphatic carbocycles. The van der Waals surface area contributed by atoms with Gasteiger partial charge >= 0.3 is 0 Å². The fourth-order valence-corrected chi connectivity index (χ4v) is 18.6. The number of rotatable bonds is 34. The van der Waals surface area contributed by atoms with Gasteiger partial charge in [0, 0.05) is 122 Å². The van der Waals surface area contributed by atoms with Gasteiger partial charge in [-0.3, -0.25) is 37.4 Å². The Kier molecular flexibility index (Phi) is 35.7. The quantitative estimate of drug-likeness (QED) is 0.00775. The Bertz CT molecular complexity index is 5550. The van der Waals surface area contributed by atoms with Crippen molar-refractivity contribution in [1.29, 1.82) is 0 Å². The zero-order valence-corrected chi connectivity index (χ0v) is 80.2. The third-order valence-electron chi connectivity index (χ3n) is 23.2. The van der Waals surface area contributed by atoms with Gasteiger partial charge in [0.15, 0.2) is 141 Å². The molecule has 0 radical (unpaired) electrons. The van der Waals surface area contributed by atoms with Gasteiger partial charge < -0.3 is 136 Å². The number of anilines is 4. The van der Waals surface area contributed by atoms with E-state index in [4.69, 9.17) is 41.9 Å². The summed E-state index contributed by atoms with van der Waals surface area (Å²) < 4.78 is 59.1. The van der Waals surface area contributed by atoms with Gasteiger partial charge in [-0.05, 0) is 0 Å². The molecule has 0 bridgehead atoms. The number of nitrogen functional groups attached to an aromatic ring is 4. The van der Waals surface area contributed by atoms with E-state index in [-0.39, 0.29) is 93.4 Å². The van der Waals surface area contributed by atoms with Crippen molar-refractivity contribution in [1.82, 2.24) is 78.1 Å². The first-order chi connectivity index (χ1) is 65.3. The molecule has 12 aromatic rings. The van der Waals surface area contributed by atoms with E-state index in [0.717, 1.165) is 0 Å². The predicted octanol–water partition coefficient (Wildman–Crippen LogP) is -5.26. The number of imidazole rings is 4. The first-order valence-electron chi connectivity index (χ1n) is 41.8. The molecule has 0 saturated carbocycles. The first-order valence-corrected chi connectivity index (χ1v) is 49.2. The summed E-state index contributed by atoms with van der Waals surface area (Å²) in [6.45, 7) is 0.412. The van der Waals surface area contributed by atoms with E-state index in [1.54, 1.807) is 116 Å². The molecule has 57 heteroatoms. The number of ether oxygens (including phenoxy) is 4. The standard InChI is InChI=1S/4C20H23BrN6O5.H4O7P2/c4*21-8-13(29)12-2-6-26(7-3-12)5-1-4-20(17(31)16(30)14(9-28)32-20)27-11-25-15-18(22)23-10-24-19(15)27;1-8(2,3)7-9(4,5)6/h4*2-3,6-7,10-11,14,16-17,22,28,30-31H,1,4-5,8-9H2;(H2,1,2,3)(H2,4,5,6)/t4*14-,16-,17-,20-;/m1111./s1. The minimum atomic E-state index is -5.68. The normalized spacial score (nSPS) is 24.7. The molecule has 736 valence electrons. The fraction of sp³-hybridized carbons (Fsp3) is 0.450. The summed E-state index contributed by atoms with van der Waals surface area (Å²) in [6, 6.07) is 14.0. The molecule has 4 aliphatic rings. The summed E-state index contributed by atoms with van der Waals surface area (Å²) in [6.07, 6.45) is 14.3. The van der Waals surface area contributed by atoms with Gasteiger partial charge in [-0.1, -0.05) is 63.7 Å². The lowest BCUT2D eigenvalue weighted by molar-refractivity contribution is -0.697. The maximum atomic E-state index is 11.8. The number of pyridine rings is 4. The first kappa shape index (κ1) is 106. The molecule has 137 heavy (non-hydrogen) atoms. The lowest BCUT2D eigenvalue weighted by Gasteiger charge is -2.39. The Hall–Kier alpha value is -9.78. The molecule has 4 fully saturated rings. The zero-order valence-electron chi connectivity index (χ0n) is 72.1. The van der Waals surface area contributed by atoms with Crippen LogP contribution in [0.1, 0.15) is 92.8 Å². The molecular formula is C80H96Br4N24O27P2. The van der Waals surface area contributed by atoms with Crippen LogP contribution in [0.5, 0.6) is 0 Å². The highest BCUT2D eigenvalue weighted by Gasteiger charge is 2.60. The second-order valence-corrected chi connectivity index (χ2v) is 36.3. The largest absolute Gasteiger partial charge is 0.790 e. The number of alkyl halides is 4. The third kappa shape index (κ3) is 23.4. The van der Waals surface area contributed by atoms with Crippen molar-refractivity contribution >= 4 is 170 Å². The van der Waals surface area contributed by atoms with Crippen LogP contribution >= 0.6 is 79.4 Å². The number of aryl methyl sites for hydroxylation is 4. The molecule has 16 rings (SSSR count). The van der Waals surface area contributed by atoms with E-state index in [1.807, 2.05) is 18.3 Å². The Morgan fingerprint density at radius 3 is 0.693 bits per heavy atom. The second kappa shape index (κ2) is 46.1. The molecule has 16 atom stereocenters. The number of carbonyl (C=O) groups is 4. The Morgan fingerprint density at radius 2 is 0.540 bits per heavy atom. The average molecular weight is 2210 g/mol. The number of Topliss-reactive ketones (excluding diaryl/α,β-unsaturated/α-hetero) is 4. The Morgan fingerprint density at radius 1 is 0.350 bits per heavy atom. The van der Waals surface area contributed by atoms with E-state index >= 15 is 0 Å². The van der Waals surface area contributed by atoms with Crippen LogP contribution in [-0.2, 0) is 81.5 Å². The van der Waals surface area contributed by atoms with Gasteiger partial charge in [0.05, 0.1) is 88.7 Å². The minimum Gasteiger partial charge on any atom is -0.790 e. The highest BCUT2D eigenvalue weighted by atomic mass is 79.9. The van der Waals surface area contributed by atoms with Crippen molar-refractivity contribution in [3.8, 4) is 0 Å². The van der Waals surface area contributed by atoms with Crippen LogP contribution in [0.15, 0.2) is 149 Å². The zero-order chi connectivity index (χ0) is 99.2. The number of nitrogens with two attached hydrogens (primary N) is 4. The summed E-state index contributed by atoms with van der Waals surface area (Å²) in [4.78, 5) is 134. The molecule has 0 unspecified atom stereocenters. The summed E-state index contributed by atoms with van der Waals surface area (Å²) in [5, 5.41) is 125. The van der Waals surface area contributed by atoms with Crippen molar-refractivity contribution in [3.05, 3.63) is 171 Å². The van der Waals surface area contributed by atoms with E-state index < -0.39 is 138 Å². The molecule has 0 spiro atoms. The lowest BCUT2D eigenvalue weighted by Crippen LogP contribution is -2.46. The number of ketones is 4. The number of aromatic nitrogens is 20. The lowest BCUT2D eigenvalue weighted by atomic mass is 9.97. The summed E-state index contributed by atoms with van der Waals surface area (Å²) in [5.41, 5.74) is 23.2. The van der Waals surface area contributed by atoms with Crippen molar-refractivity contribution in [2.75, 3.05) is 70.7 Å². The molecule has 0 aromatic carbocycles. The van der Waals surface area contributed by atoms with Crippen LogP contribution < -0.4 is 60.8 Å². The highest BCUT2D eigenvalue weighted by Crippen LogP contribution is 2.47. The number of aliphatic hydroxyl groups excluding tert-OH is 12. The molecule has 51 nitrogen and oxygen atoms in total. The number of fused-ring (bicyclic) bond motifs is 4.